The van der Waals surface area contributed by atoms with Crippen molar-refractivity contribution in [1.82, 2.24) is 15.5 Å². The van der Waals surface area contributed by atoms with E-state index in [0.717, 1.165) is 18.6 Å². The first-order chi connectivity index (χ1) is 10.8. The summed E-state index contributed by atoms with van der Waals surface area (Å²) < 4.78 is 0. The Kier molecular flexibility index (Phi) is 3.23. The molecule has 112 valence electrons. The van der Waals surface area contributed by atoms with E-state index in [1.165, 1.54) is 34.9 Å². The fraction of sp³-hybridized carbons (Fsp3) is 0.316. The first-order valence-corrected chi connectivity index (χ1v) is 8.00. The second kappa shape index (κ2) is 5.25. The number of hydrogen-bond donors (Lipinski definition) is 2. The number of nitrogens with one attached hydrogen (secondary N) is 2. The van der Waals surface area contributed by atoms with Crippen molar-refractivity contribution < 1.29 is 0 Å². The SMILES string of the molecule is CC1(c2ccc(-c3cccc4[nH]ncc34)cc2)CCNCC1. The van der Waals surface area contributed by atoms with Crippen molar-refractivity contribution >= 4 is 10.9 Å². The number of benzene rings is 2. The third-order valence-corrected chi connectivity index (χ3v) is 5.08. The highest BCUT2D eigenvalue weighted by Crippen LogP contribution is 2.35. The van der Waals surface area contributed by atoms with Crippen molar-refractivity contribution in [2.75, 3.05) is 13.1 Å². The second-order valence-corrected chi connectivity index (χ2v) is 6.52. The van der Waals surface area contributed by atoms with E-state index in [1.807, 2.05) is 6.20 Å². The van der Waals surface area contributed by atoms with Gasteiger partial charge in [0, 0.05) is 5.39 Å². The molecular weight excluding hydrogens is 270 g/mol. The lowest BCUT2D eigenvalue weighted by Gasteiger charge is -2.34. The Labute approximate surface area is 130 Å². The van der Waals surface area contributed by atoms with Crippen LogP contribution in [0.15, 0.2) is 48.7 Å². The van der Waals surface area contributed by atoms with Crippen LogP contribution in [0.3, 0.4) is 0 Å². The molecule has 0 radical (unpaired) electrons. The molecule has 0 unspecified atom stereocenters. The maximum atomic E-state index is 4.16. The van der Waals surface area contributed by atoms with E-state index in [1.54, 1.807) is 0 Å². The van der Waals surface area contributed by atoms with E-state index in [4.69, 9.17) is 0 Å². The molecule has 3 heteroatoms. The maximum Gasteiger partial charge on any atom is 0.0656 e. The molecule has 0 saturated carbocycles. The molecule has 0 atom stereocenters. The Morgan fingerprint density at radius 3 is 2.55 bits per heavy atom. The summed E-state index contributed by atoms with van der Waals surface area (Å²) in [6, 6.07) is 15.4. The number of fused-ring (bicyclic) bond motifs is 1. The molecule has 0 spiro atoms. The molecule has 1 fully saturated rings. The van der Waals surface area contributed by atoms with Crippen LogP contribution in [-0.2, 0) is 5.41 Å². The lowest BCUT2D eigenvalue weighted by molar-refractivity contribution is 0.335. The van der Waals surface area contributed by atoms with Gasteiger partial charge in [-0.15, -0.1) is 0 Å². The molecule has 1 aliphatic rings. The van der Waals surface area contributed by atoms with E-state index >= 15 is 0 Å². The molecule has 0 bridgehead atoms. The third kappa shape index (κ3) is 2.22. The van der Waals surface area contributed by atoms with Gasteiger partial charge in [-0.2, -0.15) is 5.10 Å². The molecule has 0 aliphatic carbocycles. The molecule has 2 aromatic carbocycles. The van der Waals surface area contributed by atoms with Gasteiger partial charge >= 0.3 is 0 Å². The molecule has 1 saturated heterocycles. The number of rotatable bonds is 2. The van der Waals surface area contributed by atoms with Crippen molar-refractivity contribution in [3.05, 3.63) is 54.2 Å². The highest BCUT2D eigenvalue weighted by Gasteiger charge is 2.28. The summed E-state index contributed by atoms with van der Waals surface area (Å²) in [5.41, 5.74) is 5.36. The van der Waals surface area contributed by atoms with Crippen LogP contribution in [0.2, 0.25) is 0 Å². The van der Waals surface area contributed by atoms with Gasteiger partial charge in [-0.3, -0.25) is 5.10 Å². The molecule has 3 aromatic rings. The summed E-state index contributed by atoms with van der Waals surface area (Å²) in [5, 5.41) is 11.8. The zero-order valence-corrected chi connectivity index (χ0v) is 12.9. The molecule has 22 heavy (non-hydrogen) atoms. The van der Waals surface area contributed by atoms with Crippen LogP contribution in [0.5, 0.6) is 0 Å². The first-order valence-electron chi connectivity index (χ1n) is 8.00. The lowest BCUT2D eigenvalue weighted by atomic mass is 9.75. The molecule has 3 nitrogen and oxygen atoms in total. The Hall–Kier alpha value is -2.13. The average Bonchev–Trinajstić information content (AvgIpc) is 3.04. The quantitative estimate of drug-likeness (QED) is 0.752. The normalized spacial score (nSPS) is 17.7. The summed E-state index contributed by atoms with van der Waals surface area (Å²) in [4.78, 5) is 0. The van der Waals surface area contributed by atoms with E-state index in [-0.39, 0.29) is 0 Å². The number of aromatic nitrogens is 2. The minimum absolute atomic E-state index is 0.311. The van der Waals surface area contributed by atoms with Crippen molar-refractivity contribution in [2.45, 2.75) is 25.2 Å². The summed E-state index contributed by atoms with van der Waals surface area (Å²) in [7, 11) is 0. The van der Waals surface area contributed by atoms with E-state index in [9.17, 15) is 0 Å². The van der Waals surface area contributed by atoms with Crippen molar-refractivity contribution in [3.8, 4) is 11.1 Å². The van der Waals surface area contributed by atoms with E-state index < -0.39 is 0 Å². The maximum absolute atomic E-state index is 4.16. The highest BCUT2D eigenvalue weighted by atomic mass is 15.1. The fourth-order valence-electron chi connectivity index (χ4n) is 3.54. The largest absolute Gasteiger partial charge is 0.317 e. The van der Waals surface area contributed by atoms with E-state index in [0.29, 0.717) is 5.41 Å². The summed E-state index contributed by atoms with van der Waals surface area (Å²) in [6.45, 7) is 4.62. The van der Waals surface area contributed by atoms with Gasteiger partial charge in [0.15, 0.2) is 0 Å². The summed E-state index contributed by atoms with van der Waals surface area (Å²) in [6.07, 6.45) is 4.33. The van der Waals surface area contributed by atoms with Crippen LogP contribution in [-0.4, -0.2) is 23.3 Å². The first kappa shape index (κ1) is 13.5. The topological polar surface area (TPSA) is 40.7 Å². The minimum Gasteiger partial charge on any atom is -0.317 e. The Morgan fingerprint density at radius 2 is 1.77 bits per heavy atom. The predicted molar refractivity (Wildman–Crippen MR) is 91.0 cm³/mol. The third-order valence-electron chi connectivity index (χ3n) is 5.08. The smallest absolute Gasteiger partial charge is 0.0656 e. The molecule has 1 aromatic heterocycles. The zero-order valence-electron chi connectivity index (χ0n) is 12.9. The highest BCUT2D eigenvalue weighted by molar-refractivity contribution is 5.94. The molecule has 4 rings (SSSR count). The number of aromatic amines is 1. The van der Waals surface area contributed by atoms with Crippen molar-refractivity contribution in [2.24, 2.45) is 0 Å². The molecule has 1 aliphatic heterocycles. The Balaban J connectivity index is 1.71. The molecule has 2 N–H and O–H groups in total. The van der Waals surface area contributed by atoms with Crippen LogP contribution in [0, 0.1) is 0 Å². The Bertz CT molecular complexity index is 780. The standard InChI is InChI=1S/C19H21N3/c1-19(9-11-20-12-10-19)15-7-5-14(6-8-15)16-3-2-4-18-17(16)13-21-22-18/h2-8,13,20H,9-12H2,1H3,(H,21,22). The van der Waals surface area contributed by atoms with Gasteiger partial charge in [0.25, 0.3) is 0 Å². The summed E-state index contributed by atoms with van der Waals surface area (Å²) in [5.74, 6) is 0. The van der Waals surface area contributed by atoms with Crippen LogP contribution >= 0.6 is 0 Å². The summed E-state index contributed by atoms with van der Waals surface area (Å²) >= 11 is 0. The van der Waals surface area contributed by atoms with Crippen molar-refractivity contribution in [3.63, 3.8) is 0 Å². The van der Waals surface area contributed by atoms with Gasteiger partial charge in [-0.1, -0.05) is 43.3 Å². The number of piperidine rings is 1. The van der Waals surface area contributed by atoms with Crippen LogP contribution in [0.25, 0.3) is 22.0 Å². The van der Waals surface area contributed by atoms with Crippen LogP contribution < -0.4 is 5.32 Å². The van der Waals surface area contributed by atoms with Gasteiger partial charge in [-0.25, -0.2) is 0 Å². The molecule has 2 heterocycles. The number of nitrogens with zero attached hydrogens (tertiary/aromatic N) is 1. The average molecular weight is 291 g/mol. The fourth-order valence-corrected chi connectivity index (χ4v) is 3.54. The van der Waals surface area contributed by atoms with Crippen molar-refractivity contribution in [1.29, 1.82) is 0 Å². The van der Waals surface area contributed by atoms with E-state index in [2.05, 4.69) is 64.9 Å². The van der Waals surface area contributed by atoms with Gasteiger partial charge < -0.3 is 5.32 Å². The number of hydrogen-bond acceptors (Lipinski definition) is 2. The number of H-pyrrole nitrogens is 1. The Morgan fingerprint density at radius 1 is 1.00 bits per heavy atom. The predicted octanol–water partition coefficient (Wildman–Crippen LogP) is 3.87. The molecular formula is C19H21N3. The van der Waals surface area contributed by atoms with Crippen LogP contribution in [0.1, 0.15) is 25.3 Å². The lowest BCUT2D eigenvalue weighted by Crippen LogP contribution is -2.37. The second-order valence-electron chi connectivity index (χ2n) is 6.52. The monoisotopic (exact) mass is 291 g/mol. The molecule has 0 amide bonds. The van der Waals surface area contributed by atoms with Gasteiger partial charge in [0.05, 0.1) is 11.7 Å². The van der Waals surface area contributed by atoms with Gasteiger partial charge in [-0.05, 0) is 54.1 Å². The van der Waals surface area contributed by atoms with Crippen LogP contribution in [0.4, 0.5) is 0 Å². The van der Waals surface area contributed by atoms with Gasteiger partial charge in [0.1, 0.15) is 0 Å². The minimum atomic E-state index is 0.311. The zero-order chi connectivity index (χ0) is 15.0. The van der Waals surface area contributed by atoms with Gasteiger partial charge in [0.2, 0.25) is 0 Å².